The number of carboxylic acid groups (broad SMARTS) is 2. The van der Waals surface area contributed by atoms with Crippen molar-refractivity contribution in [3.63, 3.8) is 0 Å². The molecule has 0 bridgehead atoms. The van der Waals surface area contributed by atoms with Gasteiger partial charge in [0.25, 0.3) is 0 Å². The number of allylic oxidation sites excluding steroid dienone is 1. The average Bonchev–Trinajstić information content (AvgIpc) is 1.88. The second-order valence-electron chi connectivity index (χ2n) is 1.87. The molecule has 0 saturated heterocycles. The van der Waals surface area contributed by atoms with Crippen molar-refractivity contribution < 1.29 is 19.8 Å². The van der Waals surface area contributed by atoms with E-state index in [4.69, 9.17) is 15.9 Å². The Kier molecular flexibility index (Phi) is 3.26. The molecule has 0 rings (SSSR count). The zero-order valence-corrected chi connectivity index (χ0v) is 5.94. The first-order chi connectivity index (χ1) is 5.00. The zero-order chi connectivity index (χ0) is 9.02. The van der Waals surface area contributed by atoms with Gasteiger partial charge in [-0.2, -0.15) is 0 Å². The molecule has 4 N–H and O–H groups in total. The molecule has 0 spiro atoms. The lowest BCUT2D eigenvalue weighted by Gasteiger charge is -2.05. The van der Waals surface area contributed by atoms with Gasteiger partial charge in [-0.25, -0.2) is 4.79 Å². The smallest absolute Gasteiger partial charge is 0.333 e. The molecule has 0 aliphatic heterocycles. The molecule has 0 aliphatic rings. The van der Waals surface area contributed by atoms with Crippen LogP contribution in [0.5, 0.6) is 0 Å². The minimum atomic E-state index is -1.45. The Morgan fingerprint density at radius 3 is 2.00 bits per heavy atom. The Morgan fingerprint density at radius 2 is 1.91 bits per heavy atom. The average molecular weight is 159 g/mol. The Labute approximate surface area is 63.1 Å². The Balaban J connectivity index is 4.54. The summed E-state index contributed by atoms with van der Waals surface area (Å²) in [4.78, 5) is 20.4. The third kappa shape index (κ3) is 2.38. The molecule has 1 atom stereocenters. The van der Waals surface area contributed by atoms with Gasteiger partial charge < -0.3 is 15.9 Å². The van der Waals surface area contributed by atoms with Gasteiger partial charge in [0.1, 0.15) is 6.04 Å². The second-order valence-corrected chi connectivity index (χ2v) is 1.87. The van der Waals surface area contributed by atoms with Crippen molar-refractivity contribution in [2.45, 2.75) is 13.0 Å². The summed E-state index contributed by atoms with van der Waals surface area (Å²) < 4.78 is 0. The van der Waals surface area contributed by atoms with Gasteiger partial charge in [-0.3, -0.25) is 4.79 Å². The van der Waals surface area contributed by atoms with Gasteiger partial charge in [-0.05, 0) is 6.92 Å². The molecule has 0 fully saturated rings. The molecular formula is C6H9NO4. The lowest BCUT2D eigenvalue weighted by atomic mass is 10.1. The van der Waals surface area contributed by atoms with Crippen LogP contribution in [-0.4, -0.2) is 28.2 Å². The van der Waals surface area contributed by atoms with E-state index < -0.39 is 18.0 Å². The van der Waals surface area contributed by atoms with Crippen molar-refractivity contribution >= 4 is 11.9 Å². The van der Waals surface area contributed by atoms with E-state index in [0.717, 1.165) is 0 Å². The summed E-state index contributed by atoms with van der Waals surface area (Å²) in [6.45, 7) is 1.42. The van der Waals surface area contributed by atoms with Crippen molar-refractivity contribution in [2.75, 3.05) is 0 Å². The fraction of sp³-hybridized carbons (Fsp3) is 0.333. The number of hydrogen-bond donors (Lipinski definition) is 3. The minimum absolute atomic E-state index is 0.308. The van der Waals surface area contributed by atoms with Crippen LogP contribution in [0.3, 0.4) is 0 Å². The maximum atomic E-state index is 10.3. The molecule has 0 aromatic heterocycles. The van der Waals surface area contributed by atoms with Gasteiger partial charge >= 0.3 is 11.9 Å². The van der Waals surface area contributed by atoms with Gasteiger partial charge in [-0.1, -0.05) is 6.08 Å². The molecular weight excluding hydrogens is 150 g/mol. The van der Waals surface area contributed by atoms with E-state index in [1.807, 2.05) is 0 Å². The van der Waals surface area contributed by atoms with Crippen molar-refractivity contribution in [2.24, 2.45) is 5.73 Å². The molecule has 1 unspecified atom stereocenters. The van der Waals surface area contributed by atoms with Crippen molar-refractivity contribution in [3.8, 4) is 0 Å². The normalized spacial score (nSPS) is 14.2. The van der Waals surface area contributed by atoms with Crippen molar-refractivity contribution in [1.82, 2.24) is 0 Å². The van der Waals surface area contributed by atoms with Crippen LogP contribution in [0.15, 0.2) is 11.6 Å². The van der Waals surface area contributed by atoms with Gasteiger partial charge in [0, 0.05) is 0 Å². The third-order valence-corrected chi connectivity index (χ3v) is 1.16. The summed E-state index contributed by atoms with van der Waals surface area (Å²) in [5.41, 5.74) is 4.72. The molecule has 0 saturated carbocycles. The van der Waals surface area contributed by atoms with E-state index in [-0.39, 0.29) is 5.57 Å². The van der Waals surface area contributed by atoms with Crippen LogP contribution in [0, 0.1) is 0 Å². The summed E-state index contributed by atoms with van der Waals surface area (Å²) in [5, 5.41) is 16.7. The van der Waals surface area contributed by atoms with Crippen LogP contribution in [0.4, 0.5) is 0 Å². The topological polar surface area (TPSA) is 101 Å². The monoisotopic (exact) mass is 159 g/mol. The summed E-state index contributed by atoms with van der Waals surface area (Å²) in [6.07, 6.45) is 1.17. The third-order valence-electron chi connectivity index (χ3n) is 1.16. The quantitative estimate of drug-likeness (QED) is 0.479. The van der Waals surface area contributed by atoms with E-state index in [9.17, 15) is 9.59 Å². The molecule has 0 aliphatic carbocycles. The molecule has 11 heavy (non-hydrogen) atoms. The molecule has 0 aromatic carbocycles. The first kappa shape index (κ1) is 9.64. The highest BCUT2D eigenvalue weighted by Gasteiger charge is 2.21. The summed E-state index contributed by atoms with van der Waals surface area (Å²) in [6, 6.07) is -1.45. The molecule has 0 amide bonds. The first-order valence-electron chi connectivity index (χ1n) is 2.88. The SMILES string of the molecule is CC=C(C(=O)O)C(N)C(=O)O. The molecule has 0 radical (unpaired) electrons. The first-order valence-corrected chi connectivity index (χ1v) is 2.88. The predicted octanol–water partition coefficient (Wildman–Crippen LogP) is -0.571. The van der Waals surface area contributed by atoms with E-state index >= 15 is 0 Å². The lowest BCUT2D eigenvalue weighted by molar-refractivity contribution is -0.141. The summed E-state index contributed by atoms with van der Waals surface area (Å²) >= 11 is 0. The maximum Gasteiger partial charge on any atom is 0.333 e. The fourth-order valence-corrected chi connectivity index (χ4v) is 0.569. The van der Waals surface area contributed by atoms with Crippen LogP contribution in [0.1, 0.15) is 6.92 Å². The number of hydrogen-bond acceptors (Lipinski definition) is 3. The van der Waals surface area contributed by atoms with Crippen LogP contribution in [-0.2, 0) is 9.59 Å². The van der Waals surface area contributed by atoms with Crippen LogP contribution >= 0.6 is 0 Å². The Morgan fingerprint density at radius 1 is 1.45 bits per heavy atom. The molecule has 62 valence electrons. The Bertz CT molecular complexity index is 209. The van der Waals surface area contributed by atoms with Gasteiger partial charge in [-0.15, -0.1) is 0 Å². The largest absolute Gasteiger partial charge is 0.480 e. The van der Waals surface area contributed by atoms with E-state index in [2.05, 4.69) is 0 Å². The van der Waals surface area contributed by atoms with Gasteiger partial charge in [0.05, 0.1) is 5.57 Å². The standard InChI is InChI=1S/C6H9NO4/c1-2-3(5(8)9)4(7)6(10)11/h2,4H,7H2,1H3,(H,8,9)(H,10,11). The van der Waals surface area contributed by atoms with Gasteiger partial charge in [0.15, 0.2) is 0 Å². The van der Waals surface area contributed by atoms with E-state index in [1.54, 1.807) is 0 Å². The minimum Gasteiger partial charge on any atom is -0.480 e. The number of carbonyl (C=O) groups is 2. The van der Waals surface area contributed by atoms with E-state index in [0.29, 0.717) is 0 Å². The van der Waals surface area contributed by atoms with Gasteiger partial charge in [0.2, 0.25) is 0 Å². The Hall–Kier alpha value is -1.36. The number of nitrogens with two attached hydrogens (primary N) is 1. The van der Waals surface area contributed by atoms with Crippen LogP contribution < -0.4 is 5.73 Å². The van der Waals surface area contributed by atoms with Crippen LogP contribution in [0.2, 0.25) is 0 Å². The fourth-order valence-electron chi connectivity index (χ4n) is 0.569. The summed E-state index contributed by atoms with van der Waals surface area (Å²) in [5.74, 6) is -2.65. The highest BCUT2D eigenvalue weighted by atomic mass is 16.4. The number of rotatable bonds is 3. The van der Waals surface area contributed by atoms with Crippen LogP contribution in [0.25, 0.3) is 0 Å². The zero-order valence-electron chi connectivity index (χ0n) is 5.94. The number of aliphatic carboxylic acids is 2. The number of carboxylic acids is 2. The predicted molar refractivity (Wildman–Crippen MR) is 37.0 cm³/mol. The lowest BCUT2D eigenvalue weighted by Crippen LogP contribution is -2.35. The highest BCUT2D eigenvalue weighted by molar-refractivity contribution is 5.95. The van der Waals surface area contributed by atoms with Crippen molar-refractivity contribution in [3.05, 3.63) is 11.6 Å². The maximum absolute atomic E-state index is 10.3. The second kappa shape index (κ2) is 3.72. The molecule has 5 heteroatoms. The van der Waals surface area contributed by atoms with E-state index in [1.165, 1.54) is 13.0 Å². The molecule has 0 heterocycles. The highest BCUT2D eigenvalue weighted by Crippen LogP contribution is 1.99. The van der Waals surface area contributed by atoms with Crippen molar-refractivity contribution in [1.29, 1.82) is 0 Å². The molecule has 0 aromatic rings. The summed E-state index contributed by atoms with van der Waals surface area (Å²) in [7, 11) is 0. The molecule has 5 nitrogen and oxygen atoms in total.